The molecule has 0 spiro atoms. The molecule has 1 aromatic heterocycles. The first kappa shape index (κ1) is 24.0. The summed E-state index contributed by atoms with van der Waals surface area (Å²) in [4.78, 5) is 15.0. The topological polar surface area (TPSA) is 56.6 Å². The molecule has 1 amide bonds. The molecule has 3 aromatic rings. The summed E-state index contributed by atoms with van der Waals surface area (Å²) in [5, 5.41) is 4.84. The van der Waals surface area contributed by atoms with Crippen molar-refractivity contribution in [1.29, 1.82) is 0 Å². The molecule has 1 aliphatic heterocycles. The molecule has 0 unspecified atom stereocenters. The number of hydrogen-bond donors (Lipinski definition) is 0. The molecule has 2 aromatic carbocycles. The van der Waals surface area contributed by atoms with E-state index in [-0.39, 0.29) is 23.7 Å². The average molecular weight is 466 g/mol. The highest BCUT2D eigenvalue weighted by atomic mass is 19.1. The molecule has 6 nitrogen and oxygen atoms in total. The molecule has 0 radical (unpaired) electrons. The van der Waals surface area contributed by atoms with E-state index in [1.807, 2.05) is 56.0 Å². The number of amides is 1. The lowest BCUT2D eigenvalue weighted by Crippen LogP contribution is -2.39. The minimum atomic E-state index is -0.379. The van der Waals surface area contributed by atoms with Crippen LogP contribution in [0.5, 0.6) is 11.6 Å². The molecule has 1 saturated heterocycles. The number of para-hydroxylation sites is 1. The number of carbonyl (C=O) groups is 1. The van der Waals surface area contributed by atoms with Gasteiger partial charge in [0.25, 0.3) is 0 Å². The SMILES string of the molecule is CCc1nn(-c2ccccc2)c(Oc2cccc(F)c2)c1CN(C[C@H]1CCCO1)C(=O)C(C)C. The Hall–Kier alpha value is -3.19. The molecule has 1 fully saturated rings. The van der Waals surface area contributed by atoms with Crippen molar-refractivity contribution in [1.82, 2.24) is 14.7 Å². The van der Waals surface area contributed by atoms with E-state index >= 15 is 0 Å². The third-order valence-corrected chi connectivity index (χ3v) is 5.97. The van der Waals surface area contributed by atoms with Crippen LogP contribution in [-0.4, -0.2) is 39.8 Å². The second-order valence-electron chi connectivity index (χ2n) is 8.90. The van der Waals surface area contributed by atoms with Crippen molar-refractivity contribution in [2.24, 2.45) is 5.92 Å². The molecule has 4 rings (SSSR count). The van der Waals surface area contributed by atoms with E-state index in [0.717, 1.165) is 36.4 Å². The zero-order chi connectivity index (χ0) is 24.1. The highest BCUT2D eigenvalue weighted by Gasteiger charge is 2.28. The first-order chi connectivity index (χ1) is 16.5. The standard InChI is InChI=1S/C27H32FN3O3/c1-4-25-24(18-30(26(32)19(2)3)17-23-14-9-15-33-23)27(34-22-13-8-10-20(28)16-22)31(29-25)21-11-6-5-7-12-21/h5-8,10-13,16,19,23H,4,9,14-15,17-18H2,1-3H3/t23-/m1/s1. The molecular formula is C27H32FN3O3. The number of hydrogen-bond acceptors (Lipinski definition) is 4. The molecule has 1 aliphatic rings. The van der Waals surface area contributed by atoms with Gasteiger partial charge in [0.1, 0.15) is 11.6 Å². The zero-order valence-electron chi connectivity index (χ0n) is 20.0. The lowest BCUT2D eigenvalue weighted by molar-refractivity contribution is -0.136. The van der Waals surface area contributed by atoms with Crippen LogP contribution >= 0.6 is 0 Å². The van der Waals surface area contributed by atoms with Gasteiger partial charge in [0, 0.05) is 25.1 Å². The van der Waals surface area contributed by atoms with Gasteiger partial charge in [0.05, 0.1) is 29.6 Å². The summed E-state index contributed by atoms with van der Waals surface area (Å²) in [6.45, 7) is 7.44. The zero-order valence-corrected chi connectivity index (χ0v) is 20.0. The van der Waals surface area contributed by atoms with Gasteiger partial charge in [-0.25, -0.2) is 9.07 Å². The van der Waals surface area contributed by atoms with Gasteiger partial charge in [0.15, 0.2) is 0 Å². The van der Waals surface area contributed by atoms with E-state index < -0.39 is 0 Å². The molecule has 0 saturated carbocycles. The van der Waals surface area contributed by atoms with Crippen molar-refractivity contribution in [2.75, 3.05) is 13.2 Å². The van der Waals surface area contributed by atoms with Gasteiger partial charge < -0.3 is 14.4 Å². The third kappa shape index (κ3) is 5.47. The van der Waals surface area contributed by atoms with E-state index in [1.54, 1.807) is 16.8 Å². The van der Waals surface area contributed by atoms with Crippen LogP contribution in [0.2, 0.25) is 0 Å². The first-order valence-electron chi connectivity index (χ1n) is 12.0. The molecule has 1 atom stereocenters. The van der Waals surface area contributed by atoms with Gasteiger partial charge in [-0.15, -0.1) is 0 Å². The third-order valence-electron chi connectivity index (χ3n) is 5.97. The van der Waals surface area contributed by atoms with Crippen molar-refractivity contribution < 1.29 is 18.7 Å². The van der Waals surface area contributed by atoms with E-state index in [9.17, 15) is 9.18 Å². The lowest BCUT2D eigenvalue weighted by atomic mass is 10.1. The Bertz CT molecular complexity index is 1110. The fourth-order valence-corrected chi connectivity index (χ4v) is 4.23. The number of nitrogens with zero attached hydrogens (tertiary/aromatic N) is 3. The number of aromatic nitrogens is 2. The van der Waals surface area contributed by atoms with Crippen molar-refractivity contribution in [3.05, 3.63) is 71.7 Å². The van der Waals surface area contributed by atoms with Crippen LogP contribution in [0, 0.1) is 11.7 Å². The lowest BCUT2D eigenvalue weighted by Gasteiger charge is -2.27. The minimum absolute atomic E-state index is 0.0320. The van der Waals surface area contributed by atoms with E-state index in [2.05, 4.69) is 0 Å². The van der Waals surface area contributed by atoms with Crippen LogP contribution in [0.25, 0.3) is 5.69 Å². The molecule has 34 heavy (non-hydrogen) atoms. The minimum Gasteiger partial charge on any atom is -0.438 e. The Balaban J connectivity index is 1.77. The predicted molar refractivity (Wildman–Crippen MR) is 129 cm³/mol. The van der Waals surface area contributed by atoms with Gasteiger partial charge in [-0.2, -0.15) is 5.10 Å². The van der Waals surface area contributed by atoms with E-state index in [1.165, 1.54) is 12.1 Å². The first-order valence-corrected chi connectivity index (χ1v) is 12.0. The number of carbonyl (C=O) groups excluding carboxylic acids is 1. The number of rotatable bonds is 9. The van der Waals surface area contributed by atoms with Gasteiger partial charge >= 0.3 is 0 Å². The maximum Gasteiger partial charge on any atom is 0.227 e. The summed E-state index contributed by atoms with van der Waals surface area (Å²) in [5.74, 6) is 0.393. The molecule has 0 bridgehead atoms. The van der Waals surface area contributed by atoms with Crippen molar-refractivity contribution in [3.63, 3.8) is 0 Å². The van der Waals surface area contributed by atoms with Crippen LogP contribution in [0.1, 0.15) is 44.9 Å². The second-order valence-corrected chi connectivity index (χ2v) is 8.90. The average Bonchev–Trinajstić information content (AvgIpc) is 3.47. The Labute approximate surface area is 200 Å². The second kappa shape index (κ2) is 10.8. The van der Waals surface area contributed by atoms with Gasteiger partial charge in [-0.05, 0) is 43.5 Å². The largest absolute Gasteiger partial charge is 0.438 e. The van der Waals surface area contributed by atoms with Crippen LogP contribution in [0.3, 0.4) is 0 Å². The van der Waals surface area contributed by atoms with E-state index in [4.69, 9.17) is 14.6 Å². The van der Waals surface area contributed by atoms with Crippen LogP contribution in [-0.2, 0) is 22.5 Å². The summed E-state index contributed by atoms with van der Waals surface area (Å²) >= 11 is 0. The highest BCUT2D eigenvalue weighted by molar-refractivity contribution is 5.78. The Kier molecular flexibility index (Phi) is 7.63. The molecule has 0 aliphatic carbocycles. The molecule has 180 valence electrons. The van der Waals surface area contributed by atoms with Crippen molar-refractivity contribution >= 4 is 5.91 Å². The normalized spacial score (nSPS) is 15.6. The number of halogens is 1. The summed E-state index contributed by atoms with van der Waals surface area (Å²) < 4.78 is 27.8. The van der Waals surface area contributed by atoms with E-state index in [0.29, 0.717) is 31.1 Å². The molecule has 0 N–H and O–H groups in total. The molecule has 2 heterocycles. The maximum atomic E-state index is 13.9. The van der Waals surface area contributed by atoms with Crippen LogP contribution in [0.15, 0.2) is 54.6 Å². The van der Waals surface area contributed by atoms with Crippen LogP contribution in [0.4, 0.5) is 4.39 Å². The summed E-state index contributed by atoms with van der Waals surface area (Å²) in [7, 11) is 0. The quantitative estimate of drug-likeness (QED) is 0.417. The van der Waals surface area contributed by atoms with Gasteiger partial charge in [0.2, 0.25) is 11.8 Å². The fraction of sp³-hybridized carbons (Fsp3) is 0.407. The monoisotopic (exact) mass is 465 g/mol. The fourth-order valence-electron chi connectivity index (χ4n) is 4.23. The van der Waals surface area contributed by atoms with Crippen LogP contribution < -0.4 is 4.74 Å². The van der Waals surface area contributed by atoms with Crippen molar-refractivity contribution in [2.45, 2.75) is 52.7 Å². The summed E-state index contributed by atoms with van der Waals surface area (Å²) in [6.07, 6.45) is 2.65. The summed E-state index contributed by atoms with van der Waals surface area (Å²) in [5.41, 5.74) is 2.49. The molecule has 7 heteroatoms. The Morgan fingerprint density at radius 1 is 1.24 bits per heavy atom. The number of ether oxygens (including phenoxy) is 2. The summed E-state index contributed by atoms with van der Waals surface area (Å²) in [6, 6.07) is 15.7. The van der Waals surface area contributed by atoms with Gasteiger partial charge in [-0.1, -0.05) is 45.0 Å². The molecular weight excluding hydrogens is 433 g/mol. The maximum absolute atomic E-state index is 13.9. The number of benzene rings is 2. The Morgan fingerprint density at radius 2 is 2.03 bits per heavy atom. The van der Waals surface area contributed by atoms with Gasteiger partial charge in [-0.3, -0.25) is 4.79 Å². The smallest absolute Gasteiger partial charge is 0.227 e. The van der Waals surface area contributed by atoms with Crippen molar-refractivity contribution in [3.8, 4) is 17.3 Å². The predicted octanol–water partition coefficient (Wildman–Crippen LogP) is 5.53. The highest BCUT2D eigenvalue weighted by Crippen LogP contribution is 2.33. The Morgan fingerprint density at radius 3 is 2.68 bits per heavy atom. The number of aryl methyl sites for hydroxylation is 1.